The molecule has 3 nitrogen and oxygen atoms in total. The van der Waals surface area contributed by atoms with E-state index in [-0.39, 0.29) is 17.4 Å². The highest BCUT2D eigenvalue weighted by Crippen LogP contribution is 2.30. The van der Waals surface area contributed by atoms with Crippen molar-refractivity contribution in [3.8, 4) is 0 Å². The van der Waals surface area contributed by atoms with Crippen molar-refractivity contribution in [1.82, 2.24) is 0 Å². The Hall–Kier alpha value is -2.68. The van der Waals surface area contributed by atoms with Gasteiger partial charge in [-0.3, -0.25) is 10.1 Å². The van der Waals surface area contributed by atoms with Gasteiger partial charge in [-0.15, -0.1) is 0 Å². The van der Waals surface area contributed by atoms with Crippen LogP contribution in [0, 0.1) is 10.1 Å². The average Bonchev–Trinajstić information content (AvgIpc) is 2.53. The van der Waals surface area contributed by atoms with Crippen LogP contribution in [0.1, 0.15) is 17.0 Å². The Balaban J connectivity index is 2.17. The maximum absolute atomic E-state index is 11.1. The number of fused-ring (bicyclic) bond motifs is 1. The fraction of sp³-hybridized carbons (Fsp3) is 0.111. The van der Waals surface area contributed by atoms with E-state index in [1.54, 1.807) is 0 Å². The molecule has 0 radical (unpaired) electrons. The molecule has 0 spiro atoms. The molecule has 3 aromatic carbocycles. The van der Waals surface area contributed by atoms with E-state index in [9.17, 15) is 10.1 Å². The molecule has 0 N–H and O–H groups in total. The van der Waals surface area contributed by atoms with E-state index < -0.39 is 0 Å². The van der Waals surface area contributed by atoms with Crippen LogP contribution in [0.15, 0.2) is 72.8 Å². The lowest BCUT2D eigenvalue weighted by atomic mass is 9.88. The smallest absolute Gasteiger partial charge is 0.214 e. The van der Waals surface area contributed by atoms with Crippen molar-refractivity contribution in [2.24, 2.45) is 0 Å². The molecule has 0 aliphatic heterocycles. The first kappa shape index (κ1) is 13.3. The van der Waals surface area contributed by atoms with E-state index in [0.29, 0.717) is 0 Å². The van der Waals surface area contributed by atoms with Gasteiger partial charge in [0, 0.05) is 4.92 Å². The second-order valence-corrected chi connectivity index (χ2v) is 5.05. The monoisotopic (exact) mass is 277 g/mol. The van der Waals surface area contributed by atoms with Crippen LogP contribution in [-0.2, 0) is 0 Å². The minimum atomic E-state index is -0.237. The minimum Gasteiger partial charge on any atom is -0.265 e. The number of hydrogen-bond donors (Lipinski definition) is 0. The summed E-state index contributed by atoms with van der Waals surface area (Å²) in [5.41, 5.74) is 1.99. The Morgan fingerprint density at radius 2 is 1.52 bits per heavy atom. The van der Waals surface area contributed by atoms with E-state index in [2.05, 4.69) is 0 Å². The van der Waals surface area contributed by atoms with Crippen LogP contribution in [0.4, 0.5) is 0 Å². The van der Waals surface area contributed by atoms with Crippen LogP contribution in [0.3, 0.4) is 0 Å². The lowest BCUT2D eigenvalue weighted by Gasteiger charge is -2.16. The summed E-state index contributed by atoms with van der Waals surface area (Å²) in [7, 11) is 0. The van der Waals surface area contributed by atoms with E-state index in [1.807, 2.05) is 72.8 Å². The summed E-state index contributed by atoms with van der Waals surface area (Å²) in [5.74, 6) is -0.229. The highest BCUT2D eigenvalue weighted by atomic mass is 16.6. The van der Waals surface area contributed by atoms with Crippen LogP contribution >= 0.6 is 0 Å². The molecule has 3 heteroatoms. The van der Waals surface area contributed by atoms with Crippen molar-refractivity contribution in [1.29, 1.82) is 0 Å². The van der Waals surface area contributed by atoms with E-state index in [4.69, 9.17) is 0 Å². The normalized spacial score (nSPS) is 12.2. The molecule has 0 bridgehead atoms. The third kappa shape index (κ3) is 2.77. The molecular weight excluding hydrogens is 262 g/mol. The van der Waals surface area contributed by atoms with Crippen molar-refractivity contribution in [2.45, 2.75) is 5.92 Å². The summed E-state index contributed by atoms with van der Waals surface area (Å²) in [6.07, 6.45) is 0. The number of rotatable bonds is 4. The first-order chi connectivity index (χ1) is 10.3. The number of hydrogen-bond acceptors (Lipinski definition) is 2. The van der Waals surface area contributed by atoms with Gasteiger partial charge in [0.05, 0.1) is 5.92 Å². The maximum Gasteiger partial charge on any atom is 0.214 e. The molecule has 0 amide bonds. The van der Waals surface area contributed by atoms with Gasteiger partial charge in [0.25, 0.3) is 0 Å². The van der Waals surface area contributed by atoms with Crippen molar-refractivity contribution in [2.75, 3.05) is 6.54 Å². The number of nitro groups is 1. The largest absolute Gasteiger partial charge is 0.265 e. The van der Waals surface area contributed by atoms with Gasteiger partial charge >= 0.3 is 0 Å². The Labute approximate surface area is 123 Å². The van der Waals surface area contributed by atoms with E-state index >= 15 is 0 Å². The van der Waals surface area contributed by atoms with Crippen LogP contribution in [-0.4, -0.2) is 11.5 Å². The molecule has 0 fully saturated rings. The van der Waals surface area contributed by atoms with Crippen molar-refractivity contribution in [3.05, 3.63) is 94.0 Å². The number of nitrogens with zero attached hydrogens (tertiary/aromatic N) is 1. The first-order valence-corrected chi connectivity index (χ1v) is 6.90. The van der Waals surface area contributed by atoms with Crippen LogP contribution < -0.4 is 0 Å². The van der Waals surface area contributed by atoms with E-state index in [1.165, 1.54) is 0 Å². The molecule has 1 atom stereocenters. The quantitative estimate of drug-likeness (QED) is 0.528. The molecule has 21 heavy (non-hydrogen) atoms. The lowest BCUT2D eigenvalue weighted by molar-refractivity contribution is -0.481. The Morgan fingerprint density at radius 1 is 0.857 bits per heavy atom. The summed E-state index contributed by atoms with van der Waals surface area (Å²) < 4.78 is 0. The molecule has 0 heterocycles. The van der Waals surface area contributed by atoms with Crippen LogP contribution in [0.2, 0.25) is 0 Å². The zero-order valence-corrected chi connectivity index (χ0v) is 11.5. The van der Waals surface area contributed by atoms with Gasteiger partial charge in [-0.05, 0) is 21.9 Å². The average molecular weight is 277 g/mol. The van der Waals surface area contributed by atoms with Crippen molar-refractivity contribution < 1.29 is 4.92 Å². The fourth-order valence-electron chi connectivity index (χ4n) is 2.77. The molecule has 0 aromatic heterocycles. The Morgan fingerprint density at radius 3 is 2.29 bits per heavy atom. The van der Waals surface area contributed by atoms with E-state index in [0.717, 1.165) is 21.9 Å². The summed E-state index contributed by atoms with van der Waals surface area (Å²) in [6.45, 7) is -0.0992. The topological polar surface area (TPSA) is 43.1 Å². The number of benzene rings is 3. The SMILES string of the molecule is O=[N+]([O-])CC(c1ccccc1)c1cccc2ccccc12. The third-order valence-corrected chi connectivity index (χ3v) is 3.73. The summed E-state index contributed by atoms with van der Waals surface area (Å²) in [6, 6.07) is 23.7. The summed E-state index contributed by atoms with van der Waals surface area (Å²) in [4.78, 5) is 10.9. The minimum absolute atomic E-state index is 0.0992. The predicted molar refractivity (Wildman–Crippen MR) is 84.1 cm³/mol. The highest BCUT2D eigenvalue weighted by Gasteiger charge is 2.21. The molecule has 3 aromatic rings. The Kier molecular flexibility index (Phi) is 3.65. The molecule has 0 saturated heterocycles. The van der Waals surface area contributed by atoms with Crippen LogP contribution in [0.25, 0.3) is 10.8 Å². The van der Waals surface area contributed by atoms with Crippen molar-refractivity contribution >= 4 is 10.8 Å². The van der Waals surface area contributed by atoms with Gasteiger partial charge in [-0.2, -0.15) is 0 Å². The molecule has 0 saturated carbocycles. The third-order valence-electron chi connectivity index (χ3n) is 3.73. The fourth-order valence-corrected chi connectivity index (χ4v) is 2.77. The Bertz CT molecular complexity index is 763. The highest BCUT2D eigenvalue weighted by molar-refractivity contribution is 5.86. The molecule has 104 valence electrons. The second-order valence-electron chi connectivity index (χ2n) is 5.05. The molecule has 0 aliphatic carbocycles. The standard InChI is InChI=1S/C18H15NO2/c20-19(21)13-18(15-7-2-1-3-8-15)17-12-6-10-14-9-4-5-11-16(14)17/h1-12,18H,13H2. The predicted octanol–water partition coefficient (Wildman–Crippen LogP) is 4.25. The first-order valence-electron chi connectivity index (χ1n) is 6.90. The molecule has 3 rings (SSSR count). The second kappa shape index (κ2) is 5.75. The molecular formula is C18H15NO2. The van der Waals surface area contributed by atoms with Gasteiger partial charge in [0.2, 0.25) is 6.54 Å². The van der Waals surface area contributed by atoms with Crippen molar-refractivity contribution in [3.63, 3.8) is 0 Å². The van der Waals surface area contributed by atoms with Gasteiger partial charge in [-0.1, -0.05) is 72.8 Å². The summed E-state index contributed by atoms with van der Waals surface area (Å²) >= 11 is 0. The van der Waals surface area contributed by atoms with Gasteiger partial charge < -0.3 is 0 Å². The van der Waals surface area contributed by atoms with Gasteiger partial charge in [-0.25, -0.2) is 0 Å². The van der Waals surface area contributed by atoms with Crippen LogP contribution in [0.5, 0.6) is 0 Å². The zero-order valence-electron chi connectivity index (χ0n) is 11.5. The molecule has 1 unspecified atom stereocenters. The van der Waals surface area contributed by atoms with Gasteiger partial charge in [0.15, 0.2) is 0 Å². The lowest BCUT2D eigenvalue weighted by Crippen LogP contribution is -2.14. The molecule has 0 aliphatic rings. The van der Waals surface area contributed by atoms with Gasteiger partial charge in [0.1, 0.15) is 0 Å². The summed E-state index contributed by atoms with van der Waals surface area (Å²) in [5, 5.41) is 13.3. The zero-order chi connectivity index (χ0) is 14.7. The maximum atomic E-state index is 11.1.